The number of halogens is 2. The Kier molecular flexibility index (Phi) is 5.36. The van der Waals surface area contributed by atoms with Gasteiger partial charge in [-0.1, -0.05) is 38.8 Å². The molecule has 0 amide bonds. The maximum atomic E-state index is 6.23. The van der Waals surface area contributed by atoms with Gasteiger partial charge in [-0.05, 0) is 37.6 Å². The fourth-order valence-electron chi connectivity index (χ4n) is 1.87. The SMILES string of the molecule is CC(NCCCn1ccnn1)c1ccc(Br)cc1Cl. The Bertz CT molecular complexity index is 515. The Morgan fingerprint density at radius 2 is 2.32 bits per heavy atom. The molecule has 102 valence electrons. The van der Waals surface area contributed by atoms with Gasteiger partial charge < -0.3 is 5.32 Å². The number of hydrogen-bond acceptors (Lipinski definition) is 3. The predicted molar refractivity (Wildman–Crippen MR) is 80.2 cm³/mol. The van der Waals surface area contributed by atoms with E-state index in [0.717, 1.165) is 34.6 Å². The van der Waals surface area contributed by atoms with Gasteiger partial charge in [0.15, 0.2) is 0 Å². The molecule has 0 bridgehead atoms. The molecule has 0 radical (unpaired) electrons. The van der Waals surface area contributed by atoms with Crippen molar-refractivity contribution in [3.05, 3.63) is 45.7 Å². The van der Waals surface area contributed by atoms with Crippen LogP contribution < -0.4 is 5.32 Å². The van der Waals surface area contributed by atoms with Crippen molar-refractivity contribution < 1.29 is 0 Å². The summed E-state index contributed by atoms with van der Waals surface area (Å²) in [6.45, 7) is 3.89. The molecule has 0 aliphatic rings. The van der Waals surface area contributed by atoms with Gasteiger partial charge in [0.1, 0.15) is 0 Å². The first-order valence-corrected chi connectivity index (χ1v) is 7.36. The van der Waals surface area contributed by atoms with E-state index in [4.69, 9.17) is 11.6 Å². The molecule has 1 aromatic carbocycles. The van der Waals surface area contributed by atoms with E-state index in [1.807, 2.05) is 29.1 Å². The fourth-order valence-corrected chi connectivity index (χ4v) is 2.71. The van der Waals surface area contributed by atoms with Gasteiger partial charge in [-0.25, -0.2) is 0 Å². The van der Waals surface area contributed by atoms with E-state index in [1.165, 1.54) is 0 Å². The summed E-state index contributed by atoms with van der Waals surface area (Å²) in [5.74, 6) is 0. The van der Waals surface area contributed by atoms with Gasteiger partial charge in [0.25, 0.3) is 0 Å². The third-order valence-corrected chi connectivity index (χ3v) is 3.74. The lowest BCUT2D eigenvalue weighted by molar-refractivity contribution is 0.499. The van der Waals surface area contributed by atoms with Crippen molar-refractivity contribution in [3.63, 3.8) is 0 Å². The van der Waals surface area contributed by atoms with E-state index < -0.39 is 0 Å². The summed E-state index contributed by atoms with van der Waals surface area (Å²) >= 11 is 9.64. The molecule has 0 spiro atoms. The van der Waals surface area contributed by atoms with E-state index in [0.29, 0.717) is 0 Å². The average Bonchev–Trinajstić information content (AvgIpc) is 2.87. The van der Waals surface area contributed by atoms with Gasteiger partial charge in [-0.3, -0.25) is 4.68 Å². The molecule has 1 aromatic heterocycles. The van der Waals surface area contributed by atoms with Crippen LogP contribution in [0.2, 0.25) is 5.02 Å². The highest BCUT2D eigenvalue weighted by molar-refractivity contribution is 9.10. The van der Waals surface area contributed by atoms with Crippen molar-refractivity contribution in [2.45, 2.75) is 25.9 Å². The normalized spacial score (nSPS) is 12.6. The Labute approximate surface area is 126 Å². The van der Waals surface area contributed by atoms with E-state index in [2.05, 4.69) is 38.5 Å². The van der Waals surface area contributed by atoms with Crippen molar-refractivity contribution in [3.8, 4) is 0 Å². The molecule has 1 atom stereocenters. The van der Waals surface area contributed by atoms with Crippen LogP contribution in [0.15, 0.2) is 35.1 Å². The molecule has 1 unspecified atom stereocenters. The smallest absolute Gasteiger partial charge is 0.0692 e. The molecule has 0 saturated carbocycles. The second-order valence-corrected chi connectivity index (χ2v) is 5.68. The van der Waals surface area contributed by atoms with E-state index in [9.17, 15) is 0 Å². The Balaban J connectivity index is 1.79. The molecule has 0 fully saturated rings. The molecule has 6 heteroatoms. The molecule has 0 saturated heterocycles. The average molecular weight is 344 g/mol. The zero-order valence-electron chi connectivity index (χ0n) is 10.7. The van der Waals surface area contributed by atoms with Crippen molar-refractivity contribution in [2.24, 2.45) is 0 Å². The summed E-state index contributed by atoms with van der Waals surface area (Å²) in [5.41, 5.74) is 1.12. The zero-order valence-corrected chi connectivity index (χ0v) is 13.0. The first-order valence-electron chi connectivity index (χ1n) is 6.19. The van der Waals surface area contributed by atoms with Crippen LogP contribution in [0.1, 0.15) is 24.9 Å². The molecule has 0 aliphatic carbocycles. The van der Waals surface area contributed by atoms with Gasteiger partial charge in [0.2, 0.25) is 0 Å². The topological polar surface area (TPSA) is 42.7 Å². The second-order valence-electron chi connectivity index (χ2n) is 4.36. The van der Waals surface area contributed by atoms with E-state index in [1.54, 1.807) is 6.20 Å². The lowest BCUT2D eigenvalue weighted by atomic mass is 10.1. The van der Waals surface area contributed by atoms with Crippen molar-refractivity contribution in [1.82, 2.24) is 20.3 Å². The minimum Gasteiger partial charge on any atom is -0.310 e. The van der Waals surface area contributed by atoms with Crippen molar-refractivity contribution in [1.29, 1.82) is 0 Å². The summed E-state index contributed by atoms with van der Waals surface area (Å²) in [4.78, 5) is 0. The van der Waals surface area contributed by atoms with Gasteiger partial charge in [0.05, 0.1) is 6.20 Å². The summed E-state index contributed by atoms with van der Waals surface area (Å²) in [6, 6.07) is 6.21. The molecular formula is C13H16BrClN4. The van der Waals surface area contributed by atoms with Crippen LogP contribution in [0, 0.1) is 0 Å². The molecule has 4 nitrogen and oxygen atoms in total. The van der Waals surface area contributed by atoms with Crippen LogP contribution in [-0.2, 0) is 6.54 Å². The van der Waals surface area contributed by atoms with Gasteiger partial charge in [-0.15, -0.1) is 5.10 Å². The van der Waals surface area contributed by atoms with Crippen molar-refractivity contribution in [2.75, 3.05) is 6.54 Å². The molecular weight excluding hydrogens is 328 g/mol. The third kappa shape index (κ3) is 4.30. The Morgan fingerprint density at radius 1 is 1.47 bits per heavy atom. The first kappa shape index (κ1) is 14.5. The lowest BCUT2D eigenvalue weighted by Crippen LogP contribution is -2.21. The van der Waals surface area contributed by atoms with Gasteiger partial charge in [-0.2, -0.15) is 0 Å². The zero-order chi connectivity index (χ0) is 13.7. The van der Waals surface area contributed by atoms with Crippen LogP contribution in [0.4, 0.5) is 0 Å². The molecule has 19 heavy (non-hydrogen) atoms. The van der Waals surface area contributed by atoms with E-state index in [-0.39, 0.29) is 6.04 Å². The highest BCUT2D eigenvalue weighted by Crippen LogP contribution is 2.26. The predicted octanol–water partition coefficient (Wildman–Crippen LogP) is 3.43. The number of benzene rings is 1. The van der Waals surface area contributed by atoms with Crippen LogP contribution >= 0.6 is 27.5 Å². The molecule has 1 heterocycles. The minimum absolute atomic E-state index is 0.233. The fraction of sp³-hybridized carbons (Fsp3) is 0.385. The Hall–Kier alpha value is -0.910. The van der Waals surface area contributed by atoms with Gasteiger partial charge >= 0.3 is 0 Å². The number of hydrogen-bond donors (Lipinski definition) is 1. The lowest BCUT2D eigenvalue weighted by Gasteiger charge is -2.15. The van der Waals surface area contributed by atoms with Crippen molar-refractivity contribution >= 4 is 27.5 Å². The van der Waals surface area contributed by atoms with Gasteiger partial charge in [0, 0.05) is 28.3 Å². The van der Waals surface area contributed by atoms with E-state index >= 15 is 0 Å². The molecule has 0 aliphatic heterocycles. The van der Waals surface area contributed by atoms with Crippen LogP contribution in [0.5, 0.6) is 0 Å². The number of aryl methyl sites for hydroxylation is 1. The summed E-state index contributed by atoms with van der Waals surface area (Å²) in [6.07, 6.45) is 4.56. The number of nitrogens with zero attached hydrogens (tertiary/aromatic N) is 3. The highest BCUT2D eigenvalue weighted by Gasteiger charge is 2.08. The maximum Gasteiger partial charge on any atom is 0.0692 e. The van der Waals surface area contributed by atoms with Crippen LogP contribution in [0.25, 0.3) is 0 Å². The minimum atomic E-state index is 0.233. The first-order chi connectivity index (χ1) is 9.16. The largest absolute Gasteiger partial charge is 0.310 e. The standard InChI is InChI=1S/C13H16BrClN4/c1-10(12-4-3-11(14)9-13(12)15)16-5-2-7-19-8-6-17-18-19/h3-4,6,8-10,16H,2,5,7H2,1H3. The maximum absolute atomic E-state index is 6.23. The highest BCUT2D eigenvalue weighted by atomic mass is 79.9. The molecule has 2 aromatic rings. The third-order valence-electron chi connectivity index (χ3n) is 2.92. The number of nitrogens with one attached hydrogen (secondary N) is 1. The number of rotatable bonds is 6. The summed E-state index contributed by atoms with van der Waals surface area (Å²) in [7, 11) is 0. The molecule has 2 rings (SSSR count). The monoisotopic (exact) mass is 342 g/mol. The summed E-state index contributed by atoms with van der Waals surface area (Å²) in [5, 5.41) is 11.9. The Morgan fingerprint density at radius 3 is 3.00 bits per heavy atom. The summed E-state index contributed by atoms with van der Waals surface area (Å²) < 4.78 is 2.83. The quantitative estimate of drug-likeness (QED) is 0.817. The van der Waals surface area contributed by atoms with Crippen LogP contribution in [-0.4, -0.2) is 21.5 Å². The number of aromatic nitrogens is 3. The second kappa shape index (κ2) is 7.03. The van der Waals surface area contributed by atoms with Crippen LogP contribution in [0.3, 0.4) is 0 Å². The molecule has 1 N–H and O–H groups in total.